The molecule has 0 amide bonds. The van der Waals surface area contributed by atoms with Crippen LogP contribution >= 0.6 is 0 Å². The fourth-order valence-electron chi connectivity index (χ4n) is 2.55. The topological polar surface area (TPSA) is 46.2 Å². The SMILES string of the molecule is CCCNC1CCS(=O)(=O)c2ccc(C(C)C)cc21. The minimum absolute atomic E-state index is 0.178. The van der Waals surface area contributed by atoms with E-state index < -0.39 is 9.84 Å². The summed E-state index contributed by atoms with van der Waals surface area (Å²) in [5.74, 6) is 0.671. The fourth-order valence-corrected chi connectivity index (χ4v) is 4.15. The summed E-state index contributed by atoms with van der Waals surface area (Å²) >= 11 is 0. The minimum Gasteiger partial charge on any atom is -0.310 e. The van der Waals surface area contributed by atoms with E-state index in [0.717, 1.165) is 18.5 Å². The number of nitrogens with one attached hydrogen (secondary N) is 1. The third-order valence-electron chi connectivity index (χ3n) is 3.73. The van der Waals surface area contributed by atoms with Crippen LogP contribution < -0.4 is 5.32 Å². The molecule has 1 N–H and O–H groups in total. The lowest BCUT2D eigenvalue weighted by atomic mass is 9.96. The molecular formula is C15H23NO2S. The molecule has 0 radical (unpaired) electrons. The lowest BCUT2D eigenvalue weighted by Crippen LogP contribution is -2.30. The van der Waals surface area contributed by atoms with E-state index in [0.29, 0.717) is 17.2 Å². The molecule has 0 aromatic heterocycles. The highest BCUT2D eigenvalue weighted by molar-refractivity contribution is 7.91. The molecule has 0 bridgehead atoms. The summed E-state index contributed by atoms with van der Waals surface area (Å²) < 4.78 is 24.3. The minimum atomic E-state index is -3.08. The standard InChI is InChI=1S/C15H23NO2S/c1-4-8-16-14-7-9-19(17,18)15-6-5-12(11(2)3)10-13(14)15/h5-6,10-11,14,16H,4,7-9H2,1-3H3. The van der Waals surface area contributed by atoms with Gasteiger partial charge in [0.15, 0.2) is 9.84 Å². The van der Waals surface area contributed by atoms with Crippen molar-refractivity contribution in [1.29, 1.82) is 0 Å². The van der Waals surface area contributed by atoms with Crippen molar-refractivity contribution in [3.05, 3.63) is 29.3 Å². The van der Waals surface area contributed by atoms with Crippen LogP contribution in [0.5, 0.6) is 0 Å². The first-order valence-corrected chi connectivity index (χ1v) is 8.71. The maximum atomic E-state index is 12.1. The van der Waals surface area contributed by atoms with Crippen LogP contribution in [0.2, 0.25) is 0 Å². The first-order chi connectivity index (χ1) is 8.95. The maximum Gasteiger partial charge on any atom is 0.178 e. The van der Waals surface area contributed by atoms with E-state index in [1.165, 1.54) is 5.56 Å². The Morgan fingerprint density at radius 2 is 2.11 bits per heavy atom. The number of hydrogen-bond donors (Lipinski definition) is 1. The second-order valence-corrected chi connectivity index (χ2v) is 7.64. The fraction of sp³-hybridized carbons (Fsp3) is 0.600. The van der Waals surface area contributed by atoms with Crippen molar-refractivity contribution in [2.75, 3.05) is 12.3 Å². The van der Waals surface area contributed by atoms with Crippen LogP contribution in [0, 0.1) is 0 Å². The van der Waals surface area contributed by atoms with Gasteiger partial charge in [-0.05, 0) is 42.5 Å². The zero-order valence-corrected chi connectivity index (χ0v) is 12.8. The molecule has 1 aliphatic rings. The molecule has 2 rings (SSSR count). The highest BCUT2D eigenvalue weighted by Crippen LogP contribution is 2.34. The molecule has 3 nitrogen and oxygen atoms in total. The van der Waals surface area contributed by atoms with Gasteiger partial charge in [-0.2, -0.15) is 0 Å². The molecular weight excluding hydrogens is 258 g/mol. The molecule has 0 saturated carbocycles. The van der Waals surface area contributed by atoms with Gasteiger partial charge in [0, 0.05) is 6.04 Å². The molecule has 1 atom stereocenters. The number of rotatable bonds is 4. The van der Waals surface area contributed by atoms with Gasteiger partial charge >= 0.3 is 0 Å². The van der Waals surface area contributed by atoms with Crippen molar-refractivity contribution >= 4 is 9.84 Å². The zero-order valence-electron chi connectivity index (χ0n) is 11.9. The van der Waals surface area contributed by atoms with E-state index in [1.807, 2.05) is 6.07 Å². The Morgan fingerprint density at radius 3 is 2.74 bits per heavy atom. The summed E-state index contributed by atoms with van der Waals surface area (Å²) in [5.41, 5.74) is 2.17. The first kappa shape index (κ1) is 14.5. The van der Waals surface area contributed by atoms with Crippen LogP contribution in [0.3, 0.4) is 0 Å². The van der Waals surface area contributed by atoms with Crippen molar-refractivity contribution in [3.63, 3.8) is 0 Å². The largest absolute Gasteiger partial charge is 0.310 e. The molecule has 106 valence electrons. The molecule has 4 heteroatoms. The predicted octanol–water partition coefficient (Wildman–Crippen LogP) is 3.03. The van der Waals surface area contributed by atoms with Gasteiger partial charge in [0.25, 0.3) is 0 Å². The molecule has 1 heterocycles. The van der Waals surface area contributed by atoms with Crippen LogP contribution in [0.15, 0.2) is 23.1 Å². The summed E-state index contributed by atoms with van der Waals surface area (Å²) in [6.07, 6.45) is 1.74. The Balaban J connectivity index is 2.45. The van der Waals surface area contributed by atoms with Gasteiger partial charge < -0.3 is 5.32 Å². The first-order valence-electron chi connectivity index (χ1n) is 7.05. The molecule has 1 aromatic carbocycles. The average molecular weight is 281 g/mol. The highest BCUT2D eigenvalue weighted by atomic mass is 32.2. The van der Waals surface area contributed by atoms with Crippen molar-refractivity contribution < 1.29 is 8.42 Å². The van der Waals surface area contributed by atoms with Crippen LogP contribution in [-0.4, -0.2) is 20.7 Å². The summed E-state index contributed by atoms with van der Waals surface area (Å²) in [6.45, 7) is 7.31. The molecule has 0 spiro atoms. The Morgan fingerprint density at radius 1 is 1.37 bits per heavy atom. The predicted molar refractivity (Wildman–Crippen MR) is 78.2 cm³/mol. The monoisotopic (exact) mass is 281 g/mol. The summed E-state index contributed by atoms with van der Waals surface area (Å²) in [6, 6.07) is 5.99. The molecule has 19 heavy (non-hydrogen) atoms. The smallest absolute Gasteiger partial charge is 0.178 e. The van der Waals surface area contributed by atoms with Gasteiger partial charge in [0.05, 0.1) is 10.6 Å². The van der Waals surface area contributed by atoms with Crippen LogP contribution in [-0.2, 0) is 9.84 Å². The number of fused-ring (bicyclic) bond motifs is 1. The Labute approximate surface area is 116 Å². The van der Waals surface area contributed by atoms with Gasteiger partial charge in [-0.1, -0.05) is 32.9 Å². The molecule has 0 fully saturated rings. The van der Waals surface area contributed by atoms with Crippen LogP contribution in [0.25, 0.3) is 0 Å². The second-order valence-electron chi connectivity index (χ2n) is 5.57. The van der Waals surface area contributed by atoms with E-state index in [9.17, 15) is 8.42 Å². The quantitative estimate of drug-likeness (QED) is 0.922. The Bertz CT molecular complexity index is 549. The summed E-state index contributed by atoms with van der Waals surface area (Å²) in [5, 5.41) is 3.47. The lowest BCUT2D eigenvalue weighted by Gasteiger charge is -2.27. The molecule has 0 aliphatic carbocycles. The number of hydrogen-bond acceptors (Lipinski definition) is 3. The summed E-state index contributed by atoms with van der Waals surface area (Å²) in [4.78, 5) is 0.525. The van der Waals surface area contributed by atoms with Crippen molar-refractivity contribution in [2.24, 2.45) is 0 Å². The van der Waals surface area contributed by atoms with Crippen molar-refractivity contribution in [1.82, 2.24) is 5.32 Å². The maximum absolute atomic E-state index is 12.1. The molecule has 1 aromatic rings. The van der Waals surface area contributed by atoms with E-state index in [2.05, 4.69) is 32.2 Å². The van der Waals surface area contributed by atoms with E-state index in [-0.39, 0.29) is 11.8 Å². The van der Waals surface area contributed by atoms with E-state index in [4.69, 9.17) is 0 Å². The number of sulfone groups is 1. The molecule has 1 unspecified atom stereocenters. The lowest BCUT2D eigenvalue weighted by molar-refractivity contribution is 0.491. The number of benzene rings is 1. The Kier molecular flexibility index (Phi) is 4.31. The van der Waals surface area contributed by atoms with Gasteiger partial charge in [-0.25, -0.2) is 8.42 Å². The Hall–Kier alpha value is -0.870. The summed E-state index contributed by atoms with van der Waals surface area (Å²) in [7, 11) is -3.08. The van der Waals surface area contributed by atoms with E-state index >= 15 is 0 Å². The normalized spacial score (nSPS) is 21.4. The third-order valence-corrected chi connectivity index (χ3v) is 5.54. The van der Waals surface area contributed by atoms with E-state index in [1.54, 1.807) is 6.07 Å². The second kappa shape index (κ2) is 5.63. The van der Waals surface area contributed by atoms with Crippen LogP contribution in [0.4, 0.5) is 0 Å². The zero-order chi connectivity index (χ0) is 14.0. The van der Waals surface area contributed by atoms with Gasteiger partial charge in [0.1, 0.15) is 0 Å². The van der Waals surface area contributed by atoms with Gasteiger partial charge in [-0.15, -0.1) is 0 Å². The van der Waals surface area contributed by atoms with Crippen molar-refractivity contribution in [2.45, 2.75) is 50.5 Å². The van der Waals surface area contributed by atoms with Crippen molar-refractivity contribution in [3.8, 4) is 0 Å². The molecule has 0 saturated heterocycles. The van der Waals surface area contributed by atoms with Gasteiger partial charge in [-0.3, -0.25) is 0 Å². The van der Waals surface area contributed by atoms with Gasteiger partial charge in [0.2, 0.25) is 0 Å². The third kappa shape index (κ3) is 3.00. The highest BCUT2D eigenvalue weighted by Gasteiger charge is 2.30. The van der Waals surface area contributed by atoms with Crippen LogP contribution in [0.1, 0.15) is 56.7 Å². The molecule has 1 aliphatic heterocycles. The average Bonchev–Trinajstić information content (AvgIpc) is 2.37.